The molecule has 0 aliphatic heterocycles. The molecule has 5 heteroatoms. The van der Waals surface area contributed by atoms with Gasteiger partial charge in [-0.2, -0.15) is 0 Å². The highest BCUT2D eigenvalue weighted by Crippen LogP contribution is 2.05. The maximum atomic E-state index is 11.3. The molecular weight excluding hydrogens is 214 g/mol. The van der Waals surface area contributed by atoms with E-state index in [-0.39, 0.29) is 5.91 Å². The van der Waals surface area contributed by atoms with Crippen molar-refractivity contribution in [3.8, 4) is 0 Å². The summed E-state index contributed by atoms with van der Waals surface area (Å²) >= 11 is 5.76. The minimum atomic E-state index is -0.226. The third kappa shape index (κ3) is 3.75. The first-order chi connectivity index (χ1) is 7.11. The summed E-state index contributed by atoms with van der Waals surface area (Å²) in [5.41, 5.74) is 0.447. The Balaban J connectivity index is 2.26. The molecule has 1 amide bonds. The molecule has 0 unspecified atom stereocenters. The van der Waals surface area contributed by atoms with Crippen LogP contribution in [0.4, 0.5) is 0 Å². The van der Waals surface area contributed by atoms with Crippen molar-refractivity contribution in [1.82, 2.24) is 14.4 Å². The highest BCUT2D eigenvalue weighted by atomic mass is 35.5. The zero-order valence-electron chi connectivity index (χ0n) is 8.66. The molecule has 0 bridgehead atoms. The van der Waals surface area contributed by atoms with E-state index in [1.807, 2.05) is 0 Å². The van der Waals surface area contributed by atoms with Gasteiger partial charge in [0.15, 0.2) is 0 Å². The van der Waals surface area contributed by atoms with Gasteiger partial charge in [-0.25, -0.2) is 4.98 Å². The third-order valence-electron chi connectivity index (χ3n) is 1.91. The van der Waals surface area contributed by atoms with E-state index in [2.05, 4.69) is 16.5 Å². The second kappa shape index (κ2) is 5.56. The van der Waals surface area contributed by atoms with Gasteiger partial charge in [-0.15, -0.1) is 0 Å². The van der Waals surface area contributed by atoms with Crippen molar-refractivity contribution in [2.75, 3.05) is 6.54 Å². The van der Waals surface area contributed by atoms with E-state index in [0.717, 1.165) is 23.1 Å². The van der Waals surface area contributed by atoms with Gasteiger partial charge < -0.3 is 4.98 Å². The predicted octanol–water partition coefficient (Wildman–Crippen LogP) is 1.90. The van der Waals surface area contributed by atoms with E-state index in [9.17, 15) is 4.79 Å². The fourth-order valence-corrected chi connectivity index (χ4v) is 1.39. The highest BCUT2D eigenvalue weighted by molar-refractivity contribution is 6.23. The summed E-state index contributed by atoms with van der Waals surface area (Å²) in [5, 5.41) is 0. The Morgan fingerprint density at radius 1 is 1.73 bits per heavy atom. The quantitative estimate of drug-likeness (QED) is 0.617. The number of amides is 1. The van der Waals surface area contributed by atoms with Gasteiger partial charge in [0.25, 0.3) is 5.91 Å². The second-order valence-corrected chi connectivity index (χ2v) is 3.72. The number of carbonyl (C=O) groups excluding carboxylic acids is 1. The Hall–Kier alpha value is -1.29. The Kier molecular flexibility index (Phi) is 4.37. The standard InChI is InChI=1S/C10H14ClN3O/c1-8(2)10(15)14(11)7-3-4-9-12-5-6-13-9/h5-6H,1,3-4,7H2,2H3,(H,12,13). The molecule has 4 nitrogen and oxygen atoms in total. The summed E-state index contributed by atoms with van der Waals surface area (Å²) in [5.74, 6) is 0.680. The van der Waals surface area contributed by atoms with Crippen molar-refractivity contribution in [2.45, 2.75) is 19.8 Å². The van der Waals surface area contributed by atoms with Gasteiger partial charge in [0.2, 0.25) is 0 Å². The minimum Gasteiger partial charge on any atom is -0.349 e. The van der Waals surface area contributed by atoms with Crippen LogP contribution < -0.4 is 0 Å². The number of aromatic amines is 1. The van der Waals surface area contributed by atoms with E-state index in [1.54, 1.807) is 19.3 Å². The molecule has 82 valence electrons. The number of nitrogens with zero attached hydrogens (tertiary/aromatic N) is 2. The lowest BCUT2D eigenvalue weighted by Crippen LogP contribution is -2.23. The number of nitrogens with one attached hydrogen (secondary N) is 1. The second-order valence-electron chi connectivity index (χ2n) is 3.31. The number of aryl methyl sites for hydroxylation is 1. The number of H-pyrrole nitrogens is 1. The number of imidazole rings is 1. The van der Waals surface area contributed by atoms with Crippen LogP contribution in [0.25, 0.3) is 0 Å². The van der Waals surface area contributed by atoms with Gasteiger partial charge in [-0.3, -0.25) is 9.21 Å². The molecule has 0 saturated heterocycles. The van der Waals surface area contributed by atoms with Crippen molar-refractivity contribution in [3.05, 3.63) is 30.4 Å². The largest absolute Gasteiger partial charge is 0.349 e. The predicted molar refractivity (Wildman–Crippen MR) is 59.3 cm³/mol. The number of rotatable bonds is 5. The lowest BCUT2D eigenvalue weighted by Gasteiger charge is -2.12. The molecule has 0 spiro atoms. The van der Waals surface area contributed by atoms with Gasteiger partial charge in [-0.1, -0.05) is 6.58 Å². The van der Waals surface area contributed by atoms with Crippen LogP contribution in [0.5, 0.6) is 0 Å². The highest BCUT2D eigenvalue weighted by Gasteiger charge is 2.10. The van der Waals surface area contributed by atoms with Crippen LogP contribution in [0.2, 0.25) is 0 Å². The molecule has 0 atom stereocenters. The molecule has 1 aromatic heterocycles. The third-order valence-corrected chi connectivity index (χ3v) is 2.23. The first kappa shape index (κ1) is 11.8. The number of carbonyl (C=O) groups is 1. The average molecular weight is 228 g/mol. The zero-order chi connectivity index (χ0) is 11.3. The van der Waals surface area contributed by atoms with Crippen LogP contribution in [0, 0.1) is 0 Å². The monoisotopic (exact) mass is 227 g/mol. The smallest absolute Gasteiger partial charge is 0.263 e. The van der Waals surface area contributed by atoms with E-state index >= 15 is 0 Å². The minimum absolute atomic E-state index is 0.226. The molecule has 1 heterocycles. The molecule has 1 aromatic rings. The molecule has 15 heavy (non-hydrogen) atoms. The summed E-state index contributed by atoms with van der Waals surface area (Å²) in [7, 11) is 0. The van der Waals surface area contributed by atoms with Crippen LogP contribution in [0.1, 0.15) is 19.2 Å². The fourth-order valence-electron chi connectivity index (χ4n) is 1.13. The van der Waals surface area contributed by atoms with Gasteiger partial charge in [0.05, 0.1) is 0 Å². The van der Waals surface area contributed by atoms with Crippen molar-refractivity contribution in [3.63, 3.8) is 0 Å². The SMILES string of the molecule is C=C(C)C(=O)N(Cl)CCCc1ncc[nH]1. The normalized spacial score (nSPS) is 10.0. The number of hydrogen-bond donors (Lipinski definition) is 1. The average Bonchev–Trinajstić information content (AvgIpc) is 2.69. The lowest BCUT2D eigenvalue weighted by atomic mass is 10.3. The summed E-state index contributed by atoms with van der Waals surface area (Å²) in [6.45, 7) is 5.68. The van der Waals surface area contributed by atoms with E-state index in [4.69, 9.17) is 11.8 Å². The molecule has 0 aliphatic rings. The first-order valence-corrected chi connectivity index (χ1v) is 5.06. The molecule has 0 radical (unpaired) electrons. The molecule has 0 fully saturated rings. The van der Waals surface area contributed by atoms with Crippen molar-refractivity contribution in [2.24, 2.45) is 0 Å². The van der Waals surface area contributed by atoms with Crippen LogP contribution in [0.3, 0.4) is 0 Å². The van der Waals surface area contributed by atoms with E-state index in [0.29, 0.717) is 12.1 Å². The summed E-state index contributed by atoms with van der Waals surface area (Å²) in [6, 6.07) is 0. The number of hydrogen-bond acceptors (Lipinski definition) is 2. The van der Waals surface area contributed by atoms with Crippen LogP contribution in [-0.2, 0) is 11.2 Å². The van der Waals surface area contributed by atoms with Crippen LogP contribution >= 0.6 is 11.8 Å². The lowest BCUT2D eigenvalue weighted by molar-refractivity contribution is -0.122. The first-order valence-electron chi connectivity index (χ1n) is 4.72. The molecular formula is C10H14ClN3O. The molecule has 0 saturated carbocycles. The van der Waals surface area contributed by atoms with Gasteiger partial charge in [0.1, 0.15) is 5.82 Å². The summed E-state index contributed by atoms with van der Waals surface area (Å²) < 4.78 is 1.16. The maximum Gasteiger partial charge on any atom is 0.263 e. The molecule has 0 aliphatic carbocycles. The molecule has 0 aromatic carbocycles. The Labute approximate surface area is 94.1 Å². The van der Waals surface area contributed by atoms with Crippen molar-refractivity contribution < 1.29 is 4.79 Å². The number of aromatic nitrogens is 2. The summed E-state index contributed by atoms with van der Waals surface area (Å²) in [4.78, 5) is 18.4. The van der Waals surface area contributed by atoms with Crippen molar-refractivity contribution in [1.29, 1.82) is 0 Å². The zero-order valence-corrected chi connectivity index (χ0v) is 9.42. The van der Waals surface area contributed by atoms with Gasteiger partial charge in [-0.05, 0) is 13.3 Å². The topological polar surface area (TPSA) is 49.0 Å². The molecule has 1 rings (SSSR count). The van der Waals surface area contributed by atoms with E-state index < -0.39 is 0 Å². The Morgan fingerprint density at radius 3 is 3.00 bits per heavy atom. The van der Waals surface area contributed by atoms with Gasteiger partial charge >= 0.3 is 0 Å². The Bertz CT molecular complexity index is 334. The summed E-state index contributed by atoms with van der Waals surface area (Å²) in [6.07, 6.45) is 5.02. The van der Waals surface area contributed by atoms with E-state index in [1.165, 1.54) is 0 Å². The molecule has 1 N–H and O–H groups in total. The van der Waals surface area contributed by atoms with Crippen LogP contribution in [0.15, 0.2) is 24.5 Å². The van der Waals surface area contributed by atoms with Crippen LogP contribution in [-0.4, -0.2) is 26.8 Å². The Morgan fingerprint density at radius 2 is 2.47 bits per heavy atom. The number of halogens is 1. The fraction of sp³-hybridized carbons (Fsp3) is 0.400. The van der Waals surface area contributed by atoms with Gasteiger partial charge in [0, 0.05) is 42.7 Å². The van der Waals surface area contributed by atoms with Crippen molar-refractivity contribution >= 4 is 17.7 Å². The maximum absolute atomic E-state index is 11.3.